The lowest BCUT2D eigenvalue weighted by Gasteiger charge is -2.00. The van der Waals surface area contributed by atoms with Gasteiger partial charge in [0, 0.05) is 6.42 Å². The maximum Gasteiger partial charge on any atom is 0.526 e. The van der Waals surface area contributed by atoms with Crippen molar-refractivity contribution in [2.45, 2.75) is 25.5 Å². The fourth-order valence-electron chi connectivity index (χ4n) is 1.29. The highest BCUT2D eigenvalue weighted by molar-refractivity contribution is 7.39. The molecule has 0 aromatic heterocycles. The summed E-state index contributed by atoms with van der Waals surface area (Å²) < 4.78 is 16.3. The molecule has 0 fully saturated rings. The Bertz CT molecular complexity index is 303. The predicted octanol–water partition coefficient (Wildman–Crippen LogP) is 2.68. The third-order valence-electron chi connectivity index (χ3n) is 2.10. The highest BCUT2D eigenvalue weighted by Gasteiger charge is 2.27. The summed E-state index contributed by atoms with van der Waals surface area (Å²) in [6.45, 7) is 2.27. The number of aryl methyl sites for hydroxylation is 1. The molecular formula is C11H17NO2P+. The predicted molar refractivity (Wildman–Crippen MR) is 62.0 cm³/mol. The van der Waals surface area contributed by atoms with Crippen LogP contribution in [-0.2, 0) is 15.5 Å². The average Bonchev–Trinajstić information content (AvgIpc) is 2.27. The van der Waals surface area contributed by atoms with E-state index in [1.165, 1.54) is 5.56 Å². The van der Waals surface area contributed by atoms with Gasteiger partial charge in [0.15, 0.2) is 0 Å². The zero-order chi connectivity index (χ0) is 11.1. The summed E-state index contributed by atoms with van der Waals surface area (Å²) in [5.74, 6) is -0.361. The Morgan fingerprint density at radius 3 is 2.67 bits per heavy atom. The molecule has 1 rings (SSSR count). The molecule has 0 aliphatic heterocycles. The van der Waals surface area contributed by atoms with E-state index >= 15 is 0 Å². The van der Waals surface area contributed by atoms with E-state index in [4.69, 9.17) is 10.3 Å². The molecule has 0 spiro atoms. The van der Waals surface area contributed by atoms with Gasteiger partial charge in [-0.05, 0) is 23.5 Å². The Morgan fingerprint density at radius 1 is 1.40 bits per heavy atom. The van der Waals surface area contributed by atoms with Crippen molar-refractivity contribution in [3.05, 3.63) is 35.9 Å². The summed E-state index contributed by atoms with van der Waals surface area (Å²) >= 11 is 0. The number of rotatable bonds is 6. The average molecular weight is 226 g/mol. The van der Waals surface area contributed by atoms with Gasteiger partial charge in [-0.25, -0.2) is 0 Å². The molecule has 4 heteroatoms. The van der Waals surface area contributed by atoms with E-state index in [2.05, 4.69) is 0 Å². The van der Waals surface area contributed by atoms with Crippen molar-refractivity contribution < 1.29 is 9.09 Å². The lowest BCUT2D eigenvalue weighted by molar-refractivity contribution is 0.342. The van der Waals surface area contributed by atoms with Crippen LogP contribution in [0, 0.1) is 0 Å². The van der Waals surface area contributed by atoms with Crippen molar-refractivity contribution in [2.75, 3.05) is 6.61 Å². The summed E-state index contributed by atoms with van der Waals surface area (Å²) in [6.07, 6.45) is 1.54. The minimum atomic E-state index is -1.71. The second-order valence-corrected chi connectivity index (χ2v) is 4.79. The van der Waals surface area contributed by atoms with Crippen molar-refractivity contribution in [2.24, 2.45) is 5.73 Å². The van der Waals surface area contributed by atoms with E-state index in [1.807, 2.05) is 37.3 Å². The Hall–Kier alpha value is -0.760. The summed E-state index contributed by atoms with van der Waals surface area (Å²) in [6, 6.07) is 10.0. The molecule has 1 aromatic rings. The number of benzene rings is 1. The van der Waals surface area contributed by atoms with Gasteiger partial charge in [-0.3, -0.25) is 5.73 Å². The van der Waals surface area contributed by atoms with Gasteiger partial charge in [0.05, 0.1) is 6.61 Å². The molecule has 2 atom stereocenters. The first-order valence-corrected chi connectivity index (χ1v) is 6.37. The molecular weight excluding hydrogens is 209 g/mol. The highest BCUT2D eigenvalue weighted by Crippen LogP contribution is 2.28. The molecule has 1 aromatic carbocycles. The van der Waals surface area contributed by atoms with E-state index < -0.39 is 8.03 Å². The largest absolute Gasteiger partial charge is 0.526 e. The number of hydrogen-bond donors (Lipinski definition) is 1. The Morgan fingerprint density at radius 2 is 2.07 bits per heavy atom. The van der Waals surface area contributed by atoms with E-state index in [0.29, 0.717) is 13.0 Å². The molecule has 0 amide bonds. The topological polar surface area (TPSA) is 52.3 Å². The van der Waals surface area contributed by atoms with Gasteiger partial charge in [0.25, 0.3) is 0 Å². The first-order valence-electron chi connectivity index (χ1n) is 5.12. The maximum absolute atomic E-state index is 11.4. The monoisotopic (exact) mass is 226 g/mol. The number of hydrogen-bond acceptors (Lipinski definition) is 3. The van der Waals surface area contributed by atoms with Gasteiger partial charge in [-0.1, -0.05) is 30.3 Å². The van der Waals surface area contributed by atoms with Crippen LogP contribution in [0.25, 0.3) is 0 Å². The molecule has 1 unspecified atom stereocenters. The Labute approximate surface area is 91.5 Å². The SMILES string of the molecule is CCO[P+](=O)[C@H](N)CCc1ccccc1. The lowest BCUT2D eigenvalue weighted by Crippen LogP contribution is -2.16. The van der Waals surface area contributed by atoms with Gasteiger partial charge in [0.1, 0.15) is 0 Å². The third-order valence-corrected chi connectivity index (χ3v) is 3.41. The highest BCUT2D eigenvalue weighted by atomic mass is 31.1. The molecule has 0 heterocycles. The van der Waals surface area contributed by atoms with Crippen LogP contribution in [-0.4, -0.2) is 12.4 Å². The van der Waals surface area contributed by atoms with Gasteiger partial charge in [-0.2, -0.15) is 0 Å². The van der Waals surface area contributed by atoms with Crippen LogP contribution in [0.4, 0.5) is 0 Å². The van der Waals surface area contributed by atoms with E-state index in [1.54, 1.807) is 0 Å². The quantitative estimate of drug-likeness (QED) is 0.759. The molecule has 0 aliphatic rings. The van der Waals surface area contributed by atoms with E-state index in [9.17, 15) is 4.57 Å². The van der Waals surface area contributed by atoms with Gasteiger partial charge in [-0.15, -0.1) is 4.52 Å². The van der Waals surface area contributed by atoms with Crippen molar-refractivity contribution >= 4 is 8.03 Å². The molecule has 0 radical (unpaired) electrons. The summed E-state index contributed by atoms with van der Waals surface area (Å²) in [4.78, 5) is 0. The smallest absolute Gasteiger partial charge is 0.285 e. The fourth-order valence-corrected chi connectivity index (χ4v) is 2.07. The van der Waals surface area contributed by atoms with Crippen molar-refractivity contribution in [3.63, 3.8) is 0 Å². The summed E-state index contributed by atoms with van der Waals surface area (Å²) in [5.41, 5.74) is 6.96. The second kappa shape index (κ2) is 6.67. The minimum absolute atomic E-state index is 0.361. The van der Waals surface area contributed by atoms with Gasteiger partial charge in [0.2, 0.25) is 5.78 Å². The molecule has 0 saturated heterocycles. The molecule has 3 nitrogen and oxygen atoms in total. The molecule has 82 valence electrons. The fraction of sp³-hybridized carbons (Fsp3) is 0.455. The van der Waals surface area contributed by atoms with E-state index in [-0.39, 0.29) is 5.78 Å². The van der Waals surface area contributed by atoms with Crippen molar-refractivity contribution in [3.8, 4) is 0 Å². The first-order chi connectivity index (χ1) is 7.24. The van der Waals surface area contributed by atoms with Crippen LogP contribution in [0.3, 0.4) is 0 Å². The van der Waals surface area contributed by atoms with Crippen molar-refractivity contribution in [1.29, 1.82) is 0 Å². The van der Waals surface area contributed by atoms with Crippen LogP contribution in [0.15, 0.2) is 30.3 Å². The molecule has 0 bridgehead atoms. The van der Waals surface area contributed by atoms with Crippen LogP contribution in [0.1, 0.15) is 18.9 Å². The standard InChI is InChI=1S/C11H17NO2P/c1-2-14-15(13)11(12)9-8-10-6-4-3-5-7-10/h3-7,11H,2,8-9,12H2,1H3/q+1/t11-/m0/s1. The minimum Gasteiger partial charge on any atom is -0.285 e. The van der Waals surface area contributed by atoms with Gasteiger partial charge < -0.3 is 0 Å². The van der Waals surface area contributed by atoms with Crippen LogP contribution in [0.2, 0.25) is 0 Å². The van der Waals surface area contributed by atoms with E-state index in [0.717, 1.165) is 6.42 Å². The Balaban J connectivity index is 2.34. The number of nitrogens with two attached hydrogens (primary N) is 1. The lowest BCUT2D eigenvalue weighted by atomic mass is 10.1. The van der Waals surface area contributed by atoms with Gasteiger partial charge >= 0.3 is 8.03 Å². The van der Waals surface area contributed by atoms with Crippen LogP contribution in [0.5, 0.6) is 0 Å². The first kappa shape index (κ1) is 12.3. The molecule has 15 heavy (non-hydrogen) atoms. The Kier molecular flexibility index (Phi) is 5.48. The normalized spacial score (nSPS) is 13.6. The molecule has 0 aliphatic carbocycles. The zero-order valence-electron chi connectivity index (χ0n) is 8.93. The molecule has 2 N–H and O–H groups in total. The van der Waals surface area contributed by atoms with Crippen LogP contribution >= 0.6 is 8.03 Å². The maximum atomic E-state index is 11.4. The van der Waals surface area contributed by atoms with Crippen molar-refractivity contribution in [1.82, 2.24) is 0 Å². The summed E-state index contributed by atoms with van der Waals surface area (Å²) in [5, 5.41) is 0. The second-order valence-electron chi connectivity index (χ2n) is 3.29. The third kappa shape index (κ3) is 4.52. The van der Waals surface area contributed by atoms with Crippen LogP contribution < -0.4 is 5.73 Å². The summed E-state index contributed by atoms with van der Waals surface area (Å²) in [7, 11) is -1.71. The molecule has 0 saturated carbocycles. The zero-order valence-corrected chi connectivity index (χ0v) is 9.82.